The van der Waals surface area contributed by atoms with Gasteiger partial charge in [-0.15, -0.1) is 6.58 Å². The number of hydrogen-bond acceptors (Lipinski definition) is 1. The Morgan fingerprint density at radius 3 is 2.11 bits per heavy atom. The number of aryl methyl sites for hydroxylation is 2. The molecule has 0 N–H and O–H groups in total. The minimum Gasteiger partial charge on any atom is -0.310 e. The van der Waals surface area contributed by atoms with Crippen LogP contribution in [0.4, 0.5) is 11.4 Å². The average molecular weight is 802 g/mol. The van der Waals surface area contributed by atoms with Gasteiger partial charge < -0.3 is 4.90 Å². The molecule has 0 heterocycles. The van der Waals surface area contributed by atoms with Crippen molar-refractivity contribution in [3.8, 4) is 0 Å². The summed E-state index contributed by atoms with van der Waals surface area (Å²) in [5.74, 6) is 1.31. The lowest BCUT2D eigenvalue weighted by Crippen LogP contribution is -2.22. The highest BCUT2D eigenvalue weighted by Gasteiger charge is 2.26. The summed E-state index contributed by atoms with van der Waals surface area (Å²) in [6.45, 7) is 16.8. The van der Waals surface area contributed by atoms with Crippen LogP contribution < -0.4 is 4.90 Å². The molecule has 0 saturated carbocycles. The zero-order valence-corrected chi connectivity index (χ0v) is 37.7. The van der Waals surface area contributed by atoms with E-state index < -0.39 is 0 Å². The van der Waals surface area contributed by atoms with E-state index in [1.54, 1.807) is 0 Å². The van der Waals surface area contributed by atoms with Crippen LogP contribution in [0.1, 0.15) is 90.3 Å². The van der Waals surface area contributed by atoms with Crippen LogP contribution in [-0.4, -0.2) is 0 Å². The fourth-order valence-electron chi connectivity index (χ4n) is 8.90. The monoisotopic (exact) mass is 802 g/mol. The number of nitrogens with zero attached hydrogens (tertiary/aromatic N) is 1. The molecular weight excluding hydrogens is 735 g/mol. The van der Waals surface area contributed by atoms with Gasteiger partial charge in [0.1, 0.15) is 0 Å². The zero-order chi connectivity index (χ0) is 43.0. The zero-order valence-electron chi connectivity index (χ0n) is 37.7. The molecule has 4 aliphatic rings. The second kappa shape index (κ2) is 22.6. The van der Waals surface area contributed by atoms with E-state index in [1.807, 2.05) is 13.8 Å². The third-order valence-corrected chi connectivity index (χ3v) is 12.1. The van der Waals surface area contributed by atoms with Gasteiger partial charge in [0, 0.05) is 34.0 Å². The fraction of sp³-hybridized carbons (Fsp3) is 0.267. The molecule has 0 bridgehead atoms. The van der Waals surface area contributed by atoms with Crippen molar-refractivity contribution in [1.82, 2.24) is 0 Å². The van der Waals surface area contributed by atoms with E-state index in [0.717, 1.165) is 38.5 Å². The van der Waals surface area contributed by atoms with E-state index in [9.17, 15) is 0 Å². The summed E-state index contributed by atoms with van der Waals surface area (Å²) in [6.07, 6.45) is 50.3. The number of benzene rings is 4. The molecule has 3 unspecified atom stereocenters. The molecule has 0 aromatic heterocycles. The molecule has 3 atom stereocenters. The molecule has 0 spiro atoms. The maximum atomic E-state index is 3.95. The third-order valence-electron chi connectivity index (χ3n) is 12.1. The lowest BCUT2D eigenvalue weighted by Gasteiger charge is -2.34. The van der Waals surface area contributed by atoms with Crippen molar-refractivity contribution in [2.24, 2.45) is 17.8 Å². The molecule has 0 fully saturated rings. The fourth-order valence-corrected chi connectivity index (χ4v) is 8.90. The van der Waals surface area contributed by atoms with Crippen LogP contribution in [0.15, 0.2) is 205 Å². The number of fused-ring (bicyclic) bond motifs is 3. The van der Waals surface area contributed by atoms with Crippen LogP contribution in [0, 0.1) is 17.8 Å². The van der Waals surface area contributed by atoms with E-state index in [0.29, 0.717) is 17.8 Å². The molecule has 0 aliphatic heterocycles. The lowest BCUT2D eigenvalue weighted by atomic mass is 9.84. The van der Waals surface area contributed by atoms with Gasteiger partial charge in [0.15, 0.2) is 0 Å². The first-order valence-electron chi connectivity index (χ1n) is 23.0. The van der Waals surface area contributed by atoms with Gasteiger partial charge >= 0.3 is 0 Å². The molecule has 0 saturated heterocycles. The van der Waals surface area contributed by atoms with Crippen molar-refractivity contribution in [3.63, 3.8) is 0 Å². The lowest BCUT2D eigenvalue weighted by molar-refractivity contribution is 0.653. The van der Waals surface area contributed by atoms with Gasteiger partial charge in [0.25, 0.3) is 0 Å². The van der Waals surface area contributed by atoms with Gasteiger partial charge in [-0.05, 0) is 115 Å². The maximum absolute atomic E-state index is 3.95. The van der Waals surface area contributed by atoms with Crippen molar-refractivity contribution < 1.29 is 0 Å². The Labute approximate surface area is 368 Å². The van der Waals surface area contributed by atoms with Gasteiger partial charge in [-0.3, -0.25) is 0 Å². The Kier molecular flexibility index (Phi) is 16.5. The molecule has 0 amide bonds. The number of rotatable bonds is 11. The SMILES string of the molecule is C/C=C\c1ccc(N(C2=CC3C=CC=CC3C=C2)c2c3ccccc3c(CC)c3ccccc23)cc1CC.C=CC1C=C(C/C(=C/C=C2/C=CC=CC2)CC)C=CCC1.CC. The van der Waals surface area contributed by atoms with Gasteiger partial charge in [0.2, 0.25) is 0 Å². The van der Waals surface area contributed by atoms with E-state index in [2.05, 4.69) is 221 Å². The average Bonchev–Trinajstić information content (AvgIpc) is 3.56. The predicted molar refractivity (Wildman–Crippen MR) is 271 cm³/mol. The van der Waals surface area contributed by atoms with E-state index in [-0.39, 0.29) is 0 Å². The highest BCUT2D eigenvalue weighted by atomic mass is 15.2. The highest BCUT2D eigenvalue weighted by molar-refractivity contribution is 6.15. The third kappa shape index (κ3) is 10.9. The largest absolute Gasteiger partial charge is 0.310 e. The number of anilines is 2. The van der Waals surface area contributed by atoms with E-state index in [4.69, 9.17) is 0 Å². The number of hydrogen-bond donors (Lipinski definition) is 0. The summed E-state index contributed by atoms with van der Waals surface area (Å²) in [5.41, 5.74) is 12.1. The quantitative estimate of drug-likeness (QED) is 0.108. The minimum atomic E-state index is 0.364. The predicted octanol–water partition coefficient (Wildman–Crippen LogP) is 17.4. The first-order chi connectivity index (χ1) is 30.0. The molecule has 1 nitrogen and oxygen atoms in total. The molecule has 312 valence electrons. The first kappa shape index (κ1) is 44.6. The Morgan fingerprint density at radius 1 is 0.754 bits per heavy atom. The number of allylic oxidation sites excluding steroid dienone is 21. The second-order valence-electron chi connectivity index (χ2n) is 15.9. The summed E-state index contributed by atoms with van der Waals surface area (Å²) in [6, 6.07) is 24.9. The minimum absolute atomic E-state index is 0.364. The first-order valence-corrected chi connectivity index (χ1v) is 23.0. The Hall–Kier alpha value is -5.92. The van der Waals surface area contributed by atoms with Gasteiger partial charge in [0.05, 0.1) is 5.69 Å². The standard InChI is InChI=1S/C37H35N.C21H26.C2H6/c1-4-13-27-20-22-30(24-26(27)5-2)38(31-23-21-28-14-7-8-15-29(28)25-31)37-35-18-11-9-16-33(35)32(6-3)34-17-10-12-19-36(34)37;1-3-18-10-8-9-13-21(16-18)17-19(4-2)14-15-20-11-6-5-7-12-20;1-2/h4,7-25,28-29H,5-6H2,1-3H3;3,5-7,9,11,13-16,18H,1,4,8,10,12,17H2,2H3;1-2H3/b13-4-;19-14+,20-15-;. The summed E-state index contributed by atoms with van der Waals surface area (Å²) < 4.78 is 0. The summed E-state index contributed by atoms with van der Waals surface area (Å²) >= 11 is 0. The normalized spacial score (nSPS) is 19.8. The van der Waals surface area contributed by atoms with Crippen LogP contribution in [0.25, 0.3) is 27.6 Å². The van der Waals surface area contributed by atoms with Crippen LogP contribution >= 0.6 is 0 Å². The summed E-state index contributed by atoms with van der Waals surface area (Å²) in [7, 11) is 0. The van der Waals surface area contributed by atoms with Crippen LogP contribution in [-0.2, 0) is 12.8 Å². The molecule has 61 heavy (non-hydrogen) atoms. The van der Waals surface area contributed by atoms with Gasteiger partial charge in [-0.2, -0.15) is 0 Å². The highest BCUT2D eigenvalue weighted by Crippen LogP contribution is 2.45. The van der Waals surface area contributed by atoms with Crippen molar-refractivity contribution in [3.05, 3.63) is 222 Å². The molecule has 4 aliphatic carbocycles. The molecule has 1 heteroatoms. The van der Waals surface area contributed by atoms with Crippen molar-refractivity contribution >= 4 is 39.0 Å². The maximum Gasteiger partial charge on any atom is 0.0618 e. The van der Waals surface area contributed by atoms with E-state index >= 15 is 0 Å². The second-order valence-corrected chi connectivity index (χ2v) is 15.9. The molecular formula is C60H67N. The van der Waals surface area contributed by atoms with Crippen LogP contribution in [0.3, 0.4) is 0 Å². The molecule has 0 radical (unpaired) electrons. The molecule has 8 rings (SSSR count). The van der Waals surface area contributed by atoms with E-state index in [1.165, 1.54) is 78.4 Å². The van der Waals surface area contributed by atoms with Gasteiger partial charge in [-0.25, -0.2) is 0 Å². The summed E-state index contributed by atoms with van der Waals surface area (Å²) in [4.78, 5) is 2.52. The van der Waals surface area contributed by atoms with Crippen LogP contribution in [0.2, 0.25) is 0 Å². The van der Waals surface area contributed by atoms with Crippen LogP contribution in [0.5, 0.6) is 0 Å². The summed E-state index contributed by atoms with van der Waals surface area (Å²) in [5, 5.41) is 5.28. The molecule has 4 aromatic carbocycles. The Bertz CT molecular complexity index is 2440. The molecule has 4 aromatic rings. The van der Waals surface area contributed by atoms with Crippen molar-refractivity contribution in [2.75, 3.05) is 4.90 Å². The van der Waals surface area contributed by atoms with Gasteiger partial charge in [-0.1, -0.05) is 204 Å². The Morgan fingerprint density at radius 2 is 1.48 bits per heavy atom. The smallest absolute Gasteiger partial charge is 0.0618 e. The Balaban J connectivity index is 0.000000230. The van der Waals surface area contributed by atoms with Crippen molar-refractivity contribution in [1.29, 1.82) is 0 Å². The topological polar surface area (TPSA) is 3.24 Å². The van der Waals surface area contributed by atoms with Crippen molar-refractivity contribution in [2.45, 2.75) is 86.5 Å².